The SMILES string of the molecule is COC(=O)C(C)C(C)NC(C)c1cccc(NC(C)=O)c1. The maximum atomic E-state index is 11.5. The molecular formula is C16H24N2O3. The maximum Gasteiger partial charge on any atom is 0.309 e. The molecule has 0 radical (unpaired) electrons. The number of esters is 1. The first-order valence-electron chi connectivity index (χ1n) is 7.06. The smallest absolute Gasteiger partial charge is 0.309 e. The number of amides is 1. The molecule has 0 saturated heterocycles. The monoisotopic (exact) mass is 292 g/mol. The van der Waals surface area contributed by atoms with E-state index in [-0.39, 0.29) is 29.9 Å². The fourth-order valence-electron chi connectivity index (χ4n) is 2.11. The van der Waals surface area contributed by atoms with Gasteiger partial charge in [-0.3, -0.25) is 9.59 Å². The summed E-state index contributed by atoms with van der Waals surface area (Å²) in [7, 11) is 1.39. The minimum atomic E-state index is -0.228. The van der Waals surface area contributed by atoms with Crippen molar-refractivity contribution in [3.05, 3.63) is 29.8 Å². The summed E-state index contributed by atoms with van der Waals surface area (Å²) < 4.78 is 4.76. The van der Waals surface area contributed by atoms with Crippen LogP contribution in [0.5, 0.6) is 0 Å². The summed E-state index contributed by atoms with van der Waals surface area (Å²) in [5, 5.41) is 6.14. The highest BCUT2D eigenvalue weighted by atomic mass is 16.5. The van der Waals surface area contributed by atoms with E-state index < -0.39 is 0 Å². The number of rotatable bonds is 6. The molecule has 5 nitrogen and oxygen atoms in total. The topological polar surface area (TPSA) is 67.4 Å². The molecule has 1 aromatic carbocycles. The fourth-order valence-corrected chi connectivity index (χ4v) is 2.11. The van der Waals surface area contributed by atoms with Crippen LogP contribution in [0.15, 0.2) is 24.3 Å². The number of hydrogen-bond donors (Lipinski definition) is 2. The summed E-state index contributed by atoms with van der Waals surface area (Å²) in [6.07, 6.45) is 0. The van der Waals surface area contributed by atoms with E-state index in [1.807, 2.05) is 45.0 Å². The first-order chi connectivity index (χ1) is 9.85. The van der Waals surface area contributed by atoms with E-state index in [2.05, 4.69) is 10.6 Å². The predicted molar refractivity (Wildman–Crippen MR) is 82.9 cm³/mol. The molecule has 21 heavy (non-hydrogen) atoms. The van der Waals surface area contributed by atoms with Crippen molar-refractivity contribution in [2.75, 3.05) is 12.4 Å². The molecule has 1 aromatic rings. The van der Waals surface area contributed by atoms with Crippen molar-refractivity contribution in [3.8, 4) is 0 Å². The molecule has 0 aliphatic rings. The van der Waals surface area contributed by atoms with Gasteiger partial charge in [-0.05, 0) is 31.5 Å². The average Bonchev–Trinajstić information content (AvgIpc) is 2.45. The van der Waals surface area contributed by atoms with Gasteiger partial charge in [0.1, 0.15) is 0 Å². The van der Waals surface area contributed by atoms with E-state index >= 15 is 0 Å². The Morgan fingerprint density at radius 2 is 1.86 bits per heavy atom. The van der Waals surface area contributed by atoms with Crippen LogP contribution < -0.4 is 10.6 Å². The van der Waals surface area contributed by atoms with Gasteiger partial charge in [-0.25, -0.2) is 0 Å². The molecule has 0 bridgehead atoms. The predicted octanol–water partition coefficient (Wildman–Crippen LogP) is 2.49. The lowest BCUT2D eigenvalue weighted by Gasteiger charge is -2.24. The lowest BCUT2D eigenvalue weighted by Crippen LogP contribution is -2.38. The van der Waals surface area contributed by atoms with Gasteiger partial charge in [0, 0.05) is 24.7 Å². The molecular weight excluding hydrogens is 268 g/mol. The summed E-state index contributed by atoms with van der Waals surface area (Å²) >= 11 is 0. The van der Waals surface area contributed by atoms with Crippen molar-refractivity contribution < 1.29 is 14.3 Å². The van der Waals surface area contributed by atoms with Gasteiger partial charge < -0.3 is 15.4 Å². The Labute approximate surface area is 126 Å². The molecule has 1 amide bonds. The Bertz CT molecular complexity index is 502. The number of anilines is 1. The van der Waals surface area contributed by atoms with Gasteiger partial charge in [-0.1, -0.05) is 19.1 Å². The van der Waals surface area contributed by atoms with Crippen molar-refractivity contribution in [3.63, 3.8) is 0 Å². The van der Waals surface area contributed by atoms with Crippen molar-refractivity contribution in [1.29, 1.82) is 0 Å². The summed E-state index contributed by atoms with van der Waals surface area (Å²) in [5.74, 6) is -0.550. The van der Waals surface area contributed by atoms with Crippen molar-refractivity contribution >= 4 is 17.6 Å². The van der Waals surface area contributed by atoms with E-state index in [1.54, 1.807) is 0 Å². The Hall–Kier alpha value is -1.88. The van der Waals surface area contributed by atoms with E-state index in [1.165, 1.54) is 14.0 Å². The number of carbonyl (C=O) groups is 2. The number of benzene rings is 1. The maximum absolute atomic E-state index is 11.5. The van der Waals surface area contributed by atoms with Crippen LogP contribution in [0.2, 0.25) is 0 Å². The standard InChI is InChI=1S/C16H24N2O3/c1-10(16(20)21-5)11(2)17-12(3)14-7-6-8-15(9-14)18-13(4)19/h6-12,17H,1-5H3,(H,18,19). The summed E-state index contributed by atoms with van der Waals surface area (Å²) in [4.78, 5) is 22.6. The largest absolute Gasteiger partial charge is 0.469 e. The third-order valence-corrected chi connectivity index (χ3v) is 3.54. The van der Waals surface area contributed by atoms with Crippen LogP contribution in [-0.4, -0.2) is 25.0 Å². The first-order valence-corrected chi connectivity index (χ1v) is 7.06. The number of hydrogen-bond acceptors (Lipinski definition) is 4. The second kappa shape index (κ2) is 7.78. The van der Waals surface area contributed by atoms with E-state index in [0.717, 1.165) is 11.3 Å². The molecule has 0 aromatic heterocycles. The van der Waals surface area contributed by atoms with Crippen LogP contribution >= 0.6 is 0 Å². The van der Waals surface area contributed by atoms with Crippen LogP contribution in [0, 0.1) is 5.92 Å². The van der Waals surface area contributed by atoms with Gasteiger partial charge in [-0.2, -0.15) is 0 Å². The third-order valence-electron chi connectivity index (χ3n) is 3.54. The minimum Gasteiger partial charge on any atom is -0.469 e. The number of methoxy groups -OCH3 is 1. The molecule has 0 heterocycles. The van der Waals surface area contributed by atoms with E-state index in [9.17, 15) is 9.59 Å². The lowest BCUT2D eigenvalue weighted by molar-refractivity contribution is -0.145. The van der Waals surface area contributed by atoms with Gasteiger partial charge in [-0.15, -0.1) is 0 Å². The molecule has 0 saturated carbocycles. The zero-order valence-electron chi connectivity index (χ0n) is 13.3. The minimum absolute atomic E-state index is 0.0168. The second-order valence-electron chi connectivity index (χ2n) is 5.30. The van der Waals surface area contributed by atoms with Gasteiger partial charge >= 0.3 is 5.97 Å². The Kier molecular flexibility index (Phi) is 6.37. The zero-order chi connectivity index (χ0) is 16.0. The number of carbonyl (C=O) groups excluding carboxylic acids is 2. The zero-order valence-corrected chi connectivity index (χ0v) is 13.3. The molecule has 0 spiro atoms. The van der Waals surface area contributed by atoms with Crippen LogP contribution in [0.4, 0.5) is 5.69 Å². The Morgan fingerprint density at radius 3 is 2.43 bits per heavy atom. The lowest BCUT2D eigenvalue weighted by atomic mass is 10.0. The molecule has 0 aliphatic carbocycles. The van der Waals surface area contributed by atoms with Gasteiger partial charge in [0.25, 0.3) is 0 Å². The second-order valence-corrected chi connectivity index (χ2v) is 5.30. The van der Waals surface area contributed by atoms with Gasteiger partial charge in [0.2, 0.25) is 5.91 Å². The van der Waals surface area contributed by atoms with Gasteiger partial charge in [0.05, 0.1) is 13.0 Å². The number of nitrogens with one attached hydrogen (secondary N) is 2. The van der Waals surface area contributed by atoms with Gasteiger partial charge in [0.15, 0.2) is 0 Å². The Morgan fingerprint density at radius 1 is 1.19 bits per heavy atom. The van der Waals surface area contributed by atoms with Crippen LogP contribution in [0.1, 0.15) is 39.3 Å². The fraction of sp³-hybridized carbons (Fsp3) is 0.500. The molecule has 1 rings (SSSR count). The molecule has 0 fully saturated rings. The highest BCUT2D eigenvalue weighted by Gasteiger charge is 2.22. The number of ether oxygens (including phenoxy) is 1. The Balaban J connectivity index is 2.72. The summed E-state index contributed by atoms with van der Waals surface area (Å²) in [6.45, 7) is 7.29. The normalized spacial score (nSPS) is 14.9. The van der Waals surface area contributed by atoms with Crippen molar-refractivity contribution in [2.45, 2.75) is 39.8 Å². The molecule has 3 unspecified atom stereocenters. The third kappa shape index (κ3) is 5.19. The van der Waals surface area contributed by atoms with Crippen molar-refractivity contribution in [1.82, 2.24) is 5.32 Å². The molecule has 0 aliphatic heterocycles. The van der Waals surface area contributed by atoms with Crippen LogP contribution in [-0.2, 0) is 14.3 Å². The quantitative estimate of drug-likeness (QED) is 0.791. The van der Waals surface area contributed by atoms with Crippen molar-refractivity contribution in [2.24, 2.45) is 5.92 Å². The van der Waals surface area contributed by atoms with E-state index in [4.69, 9.17) is 4.74 Å². The molecule has 2 N–H and O–H groups in total. The summed E-state index contributed by atoms with van der Waals surface area (Å²) in [5.41, 5.74) is 1.81. The average molecular weight is 292 g/mol. The summed E-state index contributed by atoms with van der Waals surface area (Å²) in [6, 6.07) is 7.69. The van der Waals surface area contributed by atoms with Crippen LogP contribution in [0.25, 0.3) is 0 Å². The first kappa shape index (κ1) is 17.2. The molecule has 116 valence electrons. The molecule has 3 atom stereocenters. The van der Waals surface area contributed by atoms with Crippen LogP contribution in [0.3, 0.4) is 0 Å². The highest BCUT2D eigenvalue weighted by molar-refractivity contribution is 5.88. The van der Waals surface area contributed by atoms with E-state index in [0.29, 0.717) is 0 Å². The highest BCUT2D eigenvalue weighted by Crippen LogP contribution is 2.19. The molecule has 5 heteroatoms.